The monoisotopic (exact) mass is 266 g/mol. The van der Waals surface area contributed by atoms with Crippen LogP contribution < -0.4 is 10.6 Å². The molecule has 0 bridgehead atoms. The van der Waals surface area contributed by atoms with Crippen molar-refractivity contribution in [3.05, 3.63) is 28.8 Å². The summed E-state index contributed by atoms with van der Waals surface area (Å²) in [7, 11) is 2.15. The molecule has 100 valence electrons. The van der Waals surface area contributed by atoms with Crippen molar-refractivity contribution in [2.24, 2.45) is 11.7 Å². The number of anilines is 1. The fraction of sp³-hybridized carbons (Fsp3) is 0.600. The SMILES string of the molecule is CC1CCC(N(C)c2c(Cl)cccc2CN)CC1. The third-order valence-electron chi connectivity index (χ3n) is 4.18. The van der Waals surface area contributed by atoms with Crippen LogP contribution in [-0.2, 0) is 6.54 Å². The van der Waals surface area contributed by atoms with Gasteiger partial charge in [0.25, 0.3) is 0 Å². The molecule has 0 spiro atoms. The Balaban J connectivity index is 2.20. The number of rotatable bonds is 3. The Labute approximate surface area is 115 Å². The van der Waals surface area contributed by atoms with Crippen LogP contribution in [0.2, 0.25) is 5.02 Å². The van der Waals surface area contributed by atoms with Crippen molar-refractivity contribution < 1.29 is 0 Å². The lowest BCUT2D eigenvalue weighted by Crippen LogP contribution is -2.35. The minimum Gasteiger partial charge on any atom is -0.370 e. The van der Waals surface area contributed by atoms with Gasteiger partial charge >= 0.3 is 0 Å². The molecule has 0 heterocycles. The Kier molecular flexibility index (Phi) is 4.52. The molecule has 1 aliphatic carbocycles. The van der Waals surface area contributed by atoms with E-state index in [0.717, 1.165) is 22.2 Å². The highest BCUT2D eigenvalue weighted by atomic mass is 35.5. The van der Waals surface area contributed by atoms with Gasteiger partial charge in [0.15, 0.2) is 0 Å². The van der Waals surface area contributed by atoms with E-state index in [1.807, 2.05) is 12.1 Å². The van der Waals surface area contributed by atoms with Gasteiger partial charge in [-0.15, -0.1) is 0 Å². The minimum absolute atomic E-state index is 0.545. The fourth-order valence-electron chi connectivity index (χ4n) is 2.93. The summed E-state index contributed by atoms with van der Waals surface area (Å²) < 4.78 is 0. The van der Waals surface area contributed by atoms with Gasteiger partial charge in [-0.25, -0.2) is 0 Å². The maximum Gasteiger partial charge on any atom is 0.0642 e. The van der Waals surface area contributed by atoms with Crippen LogP contribution in [0.1, 0.15) is 38.2 Å². The van der Waals surface area contributed by atoms with Gasteiger partial charge in [0.1, 0.15) is 0 Å². The molecule has 0 radical (unpaired) electrons. The van der Waals surface area contributed by atoms with Crippen molar-refractivity contribution in [3.63, 3.8) is 0 Å². The lowest BCUT2D eigenvalue weighted by Gasteiger charge is -2.36. The van der Waals surface area contributed by atoms with Crippen LogP contribution in [0.3, 0.4) is 0 Å². The first kappa shape index (κ1) is 13.7. The summed E-state index contributed by atoms with van der Waals surface area (Å²) in [6.07, 6.45) is 5.15. The van der Waals surface area contributed by atoms with E-state index in [4.69, 9.17) is 17.3 Å². The van der Waals surface area contributed by atoms with E-state index in [1.54, 1.807) is 0 Å². The Morgan fingerprint density at radius 3 is 2.56 bits per heavy atom. The molecule has 1 aliphatic rings. The molecule has 0 saturated heterocycles. The Bertz CT molecular complexity index is 397. The van der Waals surface area contributed by atoms with E-state index >= 15 is 0 Å². The van der Waals surface area contributed by atoms with Gasteiger partial charge in [-0.2, -0.15) is 0 Å². The molecule has 1 aromatic rings. The maximum atomic E-state index is 6.35. The van der Waals surface area contributed by atoms with Crippen molar-refractivity contribution >= 4 is 17.3 Å². The second kappa shape index (κ2) is 5.94. The van der Waals surface area contributed by atoms with E-state index < -0.39 is 0 Å². The van der Waals surface area contributed by atoms with Gasteiger partial charge < -0.3 is 10.6 Å². The van der Waals surface area contributed by atoms with Gasteiger partial charge in [0.2, 0.25) is 0 Å². The van der Waals surface area contributed by atoms with Crippen LogP contribution in [0.15, 0.2) is 18.2 Å². The van der Waals surface area contributed by atoms with Gasteiger partial charge in [-0.3, -0.25) is 0 Å². The number of hydrogen-bond donors (Lipinski definition) is 1. The maximum absolute atomic E-state index is 6.35. The summed E-state index contributed by atoms with van der Waals surface area (Å²) in [5.41, 5.74) is 8.09. The molecule has 2 rings (SSSR count). The van der Waals surface area contributed by atoms with E-state index in [0.29, 0.717) is 12.6 Å². The molecule has 0 unspecified atom stereocenters. The molecular weight excluding hydrogens is 244 g/mol. The summed E-state index contributed by atoms with van der Waals surface area (Å²) >= 11 is 6.35. The first-order chi connectivity index (χ1) is 8.63. The van der Waals surface area contributed by atoms with Gasteiger partial charge in [-0.1, -0.05) is 30.7 Å². The lowest BCUT2D eigenvalue weighted by atomic mass is 9.86. The topological polar surface area (TPSA) is 29.3 Å². The molecule has 1 aromatic carbocycles. The molecular formula is C15H23ClN2. The molecule has 1 saturated carbocycles. The number of hydrogen-bond acceptors (Lipinski definition) is 2. The summed E-state index contributed by atoms with van der Waals surface area (Å²) in [6.45, 7) is 2.89. The van der Waals surface area contributed by atoms with Crippen LogP contribution in [0, 0.1) is 5.92 Å². The van der Waals surface area contributed by atoms with Crippen LogP contribution >= 0.6 is 11.6 Å². The van der Waals surface area contributed by atoms with Gasteiger partial charge in [-0.05, 0) is 43.2 Å². The third-order valence-corrected chi connectivity index (χ3v) is 4.48. The smallest absolute Gasteiger partial charge is 0.0642 e. The Morgan fingerprint density at radius 2 is 1.94 bits per heavy atom. The van der Waals surface area contributed by atoms with Crippen molar-refractivity contribution in [2.45, 2.75) is 45.2 Å². The predicted molar refractivity (Wildman–Crippen MR) is 79.2 cm³/mol. The average molecular weight is 267 g/mol. The van der Waals surface area contributed by atoms with Crippen molar-refractivity contribution in [1.29, 1.82) is 0 Å². The lowest BCUT2D eigenvalue weighted by molar-refractivity contribution is 0.340. The van der Waals surface area contributed by atoms with E-state index in [9.17, 15) is 0 Å². The molecule has 0 aliphatic heterocycles. The molecule has 1 fully saturated rings. The third kappa shape index (κ3) is 2.81. The first-order valence-corrected chi connectivity index (χ1v) is 7.21. The van der Waals surface area contributed by atoms with E-state index in [1.165, 1.54) is 25.7 Å². The zero-order chi connectivity index (χ0) is 13.1. The summed E-state index contributed by atoms with van der Waals surface area (Å²) in [6, 6.07) is 6.61. The number of nitrogens with zero attached hydrogens (tertiary/aromatic N) is 1. The van der Waals surface area contributed by atoms with Crippen LogP contribution in [0.25, 0.3) is 0 Å². The van der Waals surface area contributed by atoms with Crippen molar-refractivity contribution in [3.8, 4) is 0 Å². The van der Waals surface area contributed by atoms with Crippen LogP contribution in [0.5, 0.6) is 0 Å². The minimum atomic E-state index is 0.545. The zero-order valence-corrected chi connectivity index (χ0v) is 12.1. The molecule has 18 heavy (non-hydrogen) atoms. The number of halogens is 1. The Morgan fingerprint density at radius 1 is 1.28 bits per heavy atom. The normalized spacial score (nSPS) is 24.0. The summed E-state index contributed by atoms with van der Waals surface area (Å²) in [4.78, 5) is 2.34. The molecule has 3 heteroatoms. The molecule has 0 aromatic heterocycles. The second-order valence-corrected chi connectivity index (χ2v) is 5.88. The van der Waals surface area contributed by atoms with E-state index in [-0.39, 0.29) is 0 Å². The van der Waals surface area contributed by atoms with Gasteiger partial charge in [0.05, 0.1) is 10.7 Å². The summed E-state index contributed by atoms with van der Waals surface area (Å²) in [5, 5.41) is 0.819. The predicted octanol–water partition coefficient (Wildman–Crippen LogP) is 3.81. The van der Waals surface area contributed by atoms with Gasteiger partial charge in [0, 0.05) is 19.6 Å². The highest BCUT2D eigenvalue weighted by Crippen LogP contribution is 2.34. The summed E-state index contributed by atoms with van der Waals surface area (Å²) in [5.74, 6) is 0.870. The second-order valence-electron chi connectivity index (χ2n) is 5.48. The highest BCUT2D eigenvalue weighted by molar-refractivity contribution is 6.33. The largest absolute Gasteiger partial charge is 0.370 e. The molecule has 2 N–H and O–H groups in total. The molecule has 0 atom stereocenters. The van der Waals surface area contributed by atoms with Crippen LogP contribution in [-0.4, -0.2) is 13.1 Å². The highest BCUT2D eigenvalue weighted by Gasteiger charge is 2.24. The number of benzene rings is 1. The number of nitrogens with two attached hydrogens (primary N) is 1. The molecule has 0 amide bonds. The fourth-order valence-corrected chi connectivity index (χ4v) is 3.26. The van der Waals surface area contributed by atoms with Crippen molar-refractivity contribution in [1.82, 2.24) is 0 Å². The quantitative estimate of drug-likeness (QED) is 0.901. The van der Waals surface area contributed by atoms with Crippen molar-refractivity contribution in [2.75, 3.05) is 11.9 Å². The molecule has 2 nitrogen and oxygen atoms in total. The first-order valence-electron chi connectivity index (χ1n) is 6.83. The zero-order valence-electron chi connectivity index (χ0n) is 11.3. The number of para-hydroxylation sites is 1. The Hall–Kier alpha value is -0.730. The average Bonchev–Trinajstić information content (AvgIpc) is 2.38. The van der Waals surface area contributed by atoms with E-state index in [2.05, 4.69) is 24.9 Å². The van der Waals surface area contributed by atoms with Crippen LogP contribution in [0.4, 0.5) is 5.69 Å². The standard InChI is InChI=1S/C15H23ClN2/c1-11-6-8-13(9-7-11)18(2)15-12(10-17)4-3-5-14(15)16/h3-5,11,13H,6-10,17H2,1-2H3.